The predicted molar refractivity (Wildman–Crippen MR) is 160 cm³/mol. The standard InChI is InChI=1S/C33H44P2/c1-25-17-21-30(22-18-25)35(31-23-19-26(2)20-24-31)33-16-10-15-32(33)27(3)34(28-11-6-4-7-12-28)29-13-8-5-9-14-29/h10,15-24,27-29,33H,4-9,11-14H2,1-3H3. The Bertz CT molecular complexity index is 941. The van der Waals surface area contributed by atoms with Crippen LogP contribution < -0.4 is 10.6 Å². The van der Waals surface area contributed by atoms with Crippen LogP contribution in [-0.2, 0) is 0 Å². The number of hydrogen-bond donors (Lipinski definition) is 0. The topological polar surface area (TPSA) is 0 Å². The van der Waals surface area contributed by atoms with Gasteiger partial charge in [0.25, 0.3) is 0 Å². The van der Waals surface area contributed by atoms with Crippen LogP contribution in [0.3, 0.4) is 0 Å². The van der Waals surface area contributed by atoms with E-state index in [1.807, 2.05) is 0 Å². The van der Waals surface area contributed by atoms with E-state index in [4.69, 9.17) is 0 Å². The third kappa shape index (κ3) is 5.86. The average Bonchev–Trinajstić information content (AvgIpc) is 3.37. The SMILES string of the molecule is Cc1ccc(P(c2ccc(C)cc2)C2C=CC=C2C(C)P(C2CCCCC2)C2CCCCC2)cc1. The molecular weight excluding hydrogens is 458 g/mol. The first-order chi connectivity index (χ1) is 17.1. The lowest BCUT2D eigenvalue weighted by Gasteiger charge is -2.44. The first-order valence-corrected chi connectivity index (χ1v) is 17.2. The Labute approximate surface area is 217 Å². The molecule has 35 heavy (non-hydrogen) atoms. The predicted octanol–water partition coefficient (Wildman–Crippen LogP) is 9.14. The van der Waals surface area contributed by atoms with Crippen LogP contribution in [0, 0.1) is 13.8 Å². The third-order valence-corrected chi connectivity index (χ3v) is 15.4. The normalized spacial score (nSPS) is 22.7. The largest absolute Gasteiger partial charge is 0.0932 e. The van der Waals surface area contributed by atoms with Crippen LogP contribution in [0.2, 0.25) is 0 Å². The van der Waals surface area contributed by atoms with Crippen molar-refractivity contribution in [1.29, 1.82) is 0 Å². The highest BCUT2D eigenvalue weighted by atomic mass is 31.1. The lowest BCUT2D eigenvalue weighted by atomic mass is 9.99. The van der Waals surface area contributed by atoms with Crippen molar-refractivity contribution in [2.24, 2.45) is 0 Å². The molecule has 0 aliphatic heterocycles. The molecule has 0 aromatic heterocycles. The summed E-state index contributed by atoms with van der Waals surface area (Å²) in [7, 11) is -0.420. The maximum absolute atomic E-state index is 2.65. The van der Waals surface area contributed by atoms with E-state index in [0.29, 0.717) is 5.66 Å². The molecule has 0 radical (unpaired) electrons. The van der Waals surface area contributed by atoms with Crippen molar-refractivity contribution in [2.75, 3.05) is 0 Å². The quantitative estimate of drug-likeness (QED) is 0.331. The highest BCUT2D eigenvalue weighted by Gasteiger charge is 2.39. The summed E-state index contributed by atoms with van der Waals surface area (Å²) in [6, 6.07) is 19.0. The van der Waals surface area contributed by atoms with Crippen molar-refractivity contribution in [3.05, 3.63) is 83.5 Å². The summed E-state index contributed by atoms with van der Waals surface area (Å²) >= 11 is 0. The fourth-order valence-electron chi connectivity index (χ4n) is 6.85. The molecule has 0 N–H and O–H groups in total. The molecule has 0 spiro atoms. The van der Waals surface area contributed by atoms with Crippen molar-refractivity contribution < 1.29 is 0 Å². The minimum atomic E-state index is -0.453. The molecule has 2 saturated carbocycles. The molecule has 5 rings (SSSR count). The Morgan fingerprint density at radius 2 is 1.11 bits per heavy atom. The van der Waals surface area contributed by atoms with Gasteiger partial charge in [0.05, 0.1) is 0 Å². The molecule has 3 aliphatic carbocycles. The molecule has 2 aromatic rings. The van der Waals surface area contributed by atoms with Gasteiger partial charge in [-0.1, -0.05) is 137 Å². The van der Waals surface area contributed by atoms with Gasteiger partial charge in [0.1, 0.15) is 0 Å². The van der Waals surface area contributed by atoms with Crippen molar-refractivity contribution in [3.8, 4) is 0 Å². The van der Waals surface area contributed by atoms with Crippen molar-refractivity contribution in [2.45, 2.75) is 108 Å². The highest BCUT2D eigenvalue weighted by molar-refractivity contribution is 7.74. The minimum absolute atomic E-state index is 0.0334. The van der Waals surface area contributed by atoms with Crippen LogP contribution in [0.25, 0.3) is 0 Å². The first-order valence-electron chi connectivity index (χ1n) is 14.2. The first kappa shape index (κ1) is 25.4. The summed E-state index contributed by atoms with van der Waals surface area (Å²) in [5, 5.41) is 3.06. The summed E-state index contributed by atoms with van der Waals surface area (Å²) in [5.74, 6) is 0. The molecule has 0 nitrogen and oxygen atoms in total. The van der Waals surface area contributed by atoms with Crippen molar-refractivity contribution in [3.63, 3.8) is 0 Å². The van der Waals surface area contributed by atoms with E-state index in [0.717, 1.165) is 17.0 Å². The Balaban J connectivity index is 1.49. The fourth-order valence-corrected chi connectivity index (χ4v) is 14.1. The van der Waals surface area contributed by atoms with E-state index >= 15 is 0 Å². The minimum Gasteiger partial charge on any atom is -0.0932 e. The van der Waals surface area contributed by atoms with Crippen molar-refractivity contribution >= 4 is 26.5 Å². The molecule has 2 fully saturated rings. The van der Waals surface area contributed by atoms with Gasteiger partial charge in [-0.2, -0.15) is 0 Å². The van der Waals surface area contributed by atoms with Crippen LogP contribution in [-0.4, -0.2) is 22.6 Å². The number of rotatable bonds is 7. The molecule has 2 heteroatoms. The number of hydrogen-bond acceptors (Lipinski definition) is 0. The van der Waals surface area contributed by atoms with E-state index in [1.165, 1.54) is 85.9 Å². The van der Waals surface area contributed by atoms with E-state index < -0.39 is 7.92 Å². The van der Waals surface area contributed by atoms with Gasteiger partial charge in [0.2, 0.25) is 0 Å². The van der Waals surface area contributed by atoms with E-state index in [1.54, 1.807) is 5.57 Å². The molecular formula is C33H44P2. The van der Waals surface area contributed by atoms with E-state index in [9.17, 15) is 0 Å². The van der Waals surface area contributed by atoms with Gasteiger partial charge in [-0.05, 0) is 75.0 Å². The summed E-state index contributed by atoms with van der Waals surface area (Å²) in [6.07, 6.45) is 22.4. The van der Waals surface area contributed by atoms with Crippen LogP contribution >= 0.6 is 15.8 Å². The van der Waals surface area contributed by atoms with Gasteiger partial charge in [-0.15, -0.1) is 0 Å². The van der Waals surface area contributed by atoms with Crippen LogP contribution in [0.15, 0.2) is 72.3 Å². The zero-order chi connectivity index (χ0) is 24.2. The third-order valence-electron chi connectivity index (χ3n) is 8.75. The second-order valence-electron chi connectivity index (χ2n) is 11.2. The number of allylic oxidation sites excluding steroid dienone is 4. The molecule has 2 aromatic carbocycles. The molecule has 186 valence electrons. The van der Waals surface area contributed by atoms with Gasteiger partial charge >= 0.3 is 0 Å². The second kappa shape index (κ2) is 11.9. The molecule has 2 unspecified atom stereocenters. The average molecular weight is 503 g/mol. The fraction of sp³-hybridized carbons (Fsp3) is 0.515. The lowest BCUT2D eigenvalue weighted by molar-refractivity contribution is 0.482. The Morgan fingerprint density at radius 1 is 0.657 bits per heavy atom. The number of benzene rings is 2. The maximum atomic E-state index is 2.65. The van der Waals surface area contributed by atoms with Crippen LogP contribution in [0.4, 0.5) is 0 Å². The van der Waals surface area contributed by atoms with Gasteiger partial charge in [-0.3, -0.25) is 0 Å². The Hall–Kier alpha value is -1.22. The molecule has 0 amide bonds. The summed E-state index contributed by atoms with van der Waals surface area (Å²) in [6.45, 7) is 7.07. The number of aryl methyl sites for hydroxylation is 2. The van der Waals surface area contributed by atoms with Gasteiger partial charge < -0.3 is 0 Å². The summed E-state index contributed by atoms with van der Waals surface area (Å²) in [5.41, 5.74) is 7.78. The van der Waals surface area contributed by atoms with E-state index in [-0.39, 0.29) is 7.92 Å². The lowest BCUT2D eigenvalue weighted by Crippen LogP contribution is -2.30. The smallest absolute Gasteiger partial charge is 0.0273 e. The van der Waals surface area contributed by atoms with Gasteiger partial charge in [0, 0.05) is 5.66 Å². The maximum Gasteiger partial charge on any atom is 0.0273 e. The summed E-state index contributed by atoms with van der Waals surface area (Å²) < 4.78 is 0. The zero-order valence-electron chi connectivity index (χ0n) is 22.1. The van der Waals surface area contributed by atoms with Crippen LogP contribution in [0.5, 0.6) is 0 Å². The monoisotopic (exact) mass is 502 g/mol. The Morgan fingerprint density at radius 3 is 1.57 bits per heavy atom. The van der Waals surface area contributed by atoms with E-state index in [2.05, 4.69) is 87.5 Å². The molecule has 0 heterocycles. The second-order valence-corrected chi connectivity index (χ2v) is 16.7. The molecule has 2 atom stereocenters. The molecule has 0 saturated heterocycles. The van der Waals surface area contributed by atoms with Crippen molar-refractivity contribution in [1.82, 2.24) is 0 Å². The van der Waals surface area contributed by atoms with Gasteiger partial charge in [0.15, 0.2) is 0 Å². The van der Waals surface area contributed by atoms with Gasteiger partial charge in [-0.25, -0.2) is 0 Å². The Kier molecular flexibility index (Phi) is 8.64. The zero-order valence-corrected chi connectivity index (χ0v) is 23.9. The highest BCUT2D eigenvalue weighted by Crippen LogP contribution is 2.62. The summed E-state index contributed by atoms with van der Waals surface area (Å²) in [4.78, 5) is 0. The molecule has 3 aliphatic rings. The van der Waals surface area contributed by atoms with Crippen LogP contribution in [0.1, 0.15) is 82.3 Å². The molecule has 0 bridgehead atoms.